The van der Waals surface area contributed by atoms with E-state index >= 15 is 0 Å². The molecule has 0 bridgehead atoms. The number of hydrogen-bond acceptors (Lipinski definition) is 1. The molecule has 58 valence electrons. The van der Waals surface area contributed by atoms with Crippen LogP contribution < -0.4 is 5.32 Å². The molecule has 1 rings (SSSR count). The van der Waals surface area contributed by atoms with Crippen LogP contribution in [0.4, 0.5) is 0 Å². The number of rotatable bonds is 0. The lowest BCUT2D eigenvalue weighted by Crippen LogP contribution is -2.22. The Labute approximate surface area is 64.2 Å². The fraction of sp³-hybridized carbons (Fsp3) is 0.778. The molecule has 0 aromatic heterocycles. The van der Waals surface area contributed by atoms with Gasteiger partial charge in [0.05, 0.1) is 0 Å². The van der Waals surface area contributed by atoms with Crippen LogP contribution in [-0.2, 0) is 0 Å². The van der Waals surface area contributed by atoms with Gasteiger partial charge in [-0.2, -0.15) is 0 Å². The van der Waals surface area contributed by atoms with Gasteiger partial charge in [0.25, 0.3) is 0 Å². The van der Waals surface area contributed by atoms with Crippen LogP contribution in [-0.4, -0.2) is 6.04 Å². The Balaban J connectivity index is 2.15. The molecular weight excluding hydrogens is 122 g/mol. The third-order valence-electron chi connectivity index (χ3n) is 1.93. The van der Waals surface area contributed by atoms with Crippen molar-refractivity contribution in [2.75, 3.05) is 0 Å². The van der Waals surface area contributed by atoms with Gasteiger partial charge in [-0.05, 0) is 26.2 Å². The molecule has 0 aromatic carbocycles. The van der Waals surface area contributed by atoms with Crippen molar-refractivity contribution in [2.45, 2.75) is 45.1 Å². The first-order valence-electron chi connectivity index (χ1n) is 4.29. The first kappa shape index (κ1) is 8.06. The van der Waals surface area contributed by atoms with Gasteiger partial charge in [-0.15, -0.1) is 0 Å². The monoisotopic (exact) mass is 139 g/mol. The van der Waals surface area contributed by atoms with Crippen molar-refractivity contribution in [1.82, 2.24) is 5.32 Å². The molecule has 1 saturated heterocycles. The minimum absolute atomic E-state index is 0.651. The van der Waals surface area contributed by atoms with Gasteiger partial charge < -0.3 is 5.32 Å². The lowest BCUT2D eigenvalue weighted by atomic mass is 10.1. The van der Waals surface area contributed by atoms with Crippen LogP contribution in [0.25, 0.3) is 0 Å². The van der Waals surface area contributed by atoms with E-state index in [1.807, 2.05) is 0 Å². The Kier molecular flexibility index (Phi) is 3.81. The van der Waals surface area contributed by atoms with Gasteiger partial charge in [-0.1, -0.05) is 19.3 Å². The molecule has 1 heteroatoms. The van der Waals surface area contributed by atoms with Crippen LogP contribution in [0.3, 0.4) is 0 Å². The molecule has 0 saturated carbocycles. The maximum Gasteiger partial charge on any atom is 0.0223 e. The summed E-state index contributed by atoms with van der Waals surface area (Å²) >= 11 is 0. The summed E-state index contributed by atoms with van der Waals surface area (Å²) in [5, 5.41) is 3.37. The van der Waals surface area contributed by atoms with Crippen molar-refractivity contribution in [2.24, 2.45) is 0 Å². The van der Waals surface area contributed by atoms with Crippen molar-refractivity contribution in [1.29, 1.82) is 0 Å². The molecule has 1 N–H and O–H groups in total. The van der Waals surface area contributed by atoms with Crippen molar-refractivity contribution in [3.8, 4) is 0 Å². The molecule has 1 aliphatic rings. The Morgan fingerprint density at radius 1 is 1.30 bits per heavy atom. The van der Waals surface area contributed by atoms with Crippen LogP contribution in [0, 0.1) is 13.0 Å². The van der Waals surface area contributed by atoms with E-state index < -0.39 is 0 Å². The minimum atomic E-state index is 0.651. The van der Waals surface area contributed by atoms with Gasteiger partial charge in [0.2, 0.25) is 0 Å². The van der Waals surface area contributed by atoms with Crippen LogP contribution in [0.15, 0.2) is 0 Å². The van der Waals surface area contributed by atoms with E-state index in [0.29, 0.717) is 6.04 Å². The van der Waals surface area contributed by atoms with Gasteiger partial charge >= 0.3 is 0 Å². The molecular formula is C9H17N. The molecule has 0 aliphatic carbocycles. The molecule has 2 radical (unpaired) electrons. The van der Waals surface area contributed by atoms with Crippen molar-refractivity contribution < 1.29 is 0 Å². The van der Waals surface area contributed by atoms with E-state index in [2.05, 4.69) is 25.2 Å². The normalized spacial score (nSPS) is 30.3. The topological polar surface area (TPSA) is 12.0 Å². The third-order valence-corrected chi connectivity index (χ3v) is 1.93. The standard InChI is InChI=1S/C9H17N/c1-9-7-5-3-2-4-6-8-10-9/h5,8-10H,2-4,6-7H2,1H3/t9-/m1/s1. The Morgan fingerprint density at radius 2 is 2.10 bits per heavy atom. The smallest absolute Gasteiger partial charge is 0.0223 e. The van der Waals surface area contributed by atoms with E-state index in [4.69, 9.17) is 0 Å². The average molecular weight is 139 g/mol. The van der Waals surface area contributed by atoms with Gasteiger partial charge in [-0.3, -0.25) is 0 Å². The molecule has 1 nitrogen and oxygen atoms in total. The highest BCUT2D eigenvalue weighted by molar-refractivity contribution is 4.78. The van der Waals surface area contributed by atoms with Crippen molar-refractivity contribution in [3.05, 3.63) is 13.0 Å². The zero-order valence-corrected chi connectivity index (χ0v) is 6.77. The van der Waals surface area contributed by atoms with Gasteiger partial charge in [0, 0.05) is 12.6 Å². The van der Waals surface area contributed by atoms with E-state index in [-0.39, 0.29) is 0 Å². The zero-order chi connectivity index (χ0) is 7.23. The molecule has 0 spiro atoms. The maximum atomic E-state index is 3.37. The molecule has 1 aliphatic heterocycles. The number of hydrogen-bond donors (Lipinski definition) is 1. The molecule has 10 heavy (non-hydrogen) atoms. The molecule has 0 aromatic rings. The summed E-state index contributed by atoms with van der Waals surface area (Å²) in [6, 6.07) is 0.651. The summed E-state index contributed by atoms with van der Waals surface area (Å²) in [5.41, 5.74) is 0. The van der Waals surface area contributed by atoms with E-state index in [1.54, 1.807) is 0 Å². The van der Waals surface area contributed by atoms with Gasteiger partial charge in [0.1, 0.15) is 0 Å². The average Bonchev–Trinajstić information content (AvgIpc) is 2.02. The predicted octanol–water partition coefficient (Wildman–Crippen LogP) is 2.29. The molecule has 0 unspecified atom stereocenters. The Hall–Kier alpha value is -0.0400. The van der Waals surface area contributed by atoms with E-state index in [0.717, 1.165) is 0 Å². The summed E-state index contributed by atoms with van der Waals surface area (Å²) in [7, 11) is 0. The summed E-state index contributed by atoms with van der Waals surface area (Å²) in [5.74, 6) is 0. The Morgan fingerprint density at radius 3 is 3.00 bits per heavy atom. The summed E-state index contributed by atoms with van der Waals surface area (Å²) < 4.78 is 0. The van der Waals surface area contributed by atoms with Crippen LogP contribution in [0.5, 0.6) is 0 Å². The lowest BCUT2D eigenvalue weighted by molar-refractivity contribution is 0.587. The fourth-order valence-corrected chi connectivity index (χ4v) is 1.26. The molecule has 1 fully saturated rings. The zero-order valence-electron chi connectivity index (χ0n) is 6.77. The van der Waals surface area contributed by atoms with Crippen molar-refractivity contribution >= 4 is 0 Å². The lowest BCUT2D eigenvalue weighted by Gasteiger charge is -2.09. The van der Waals surface area contributed by atoms with Crippen molar-refractivity contribution in [3.63, 3.8) is 0 Å². The first-order chi connectivity index (χ1) is 4.89. The maximum absolute atomic E-state index is 3.37. The SMILES string of the molecule is C[C@@H]1C[CH]CCCC[CH]N1. The predicted molar refractivity (Wildman–Crippen MR) is 44.3 cm³/mol. The molecule has 1 heterocycles. The molecule has 0 amide bonds. The summed E-state index contributed by atoms with van der Waals surface area (Å²) in [6.07, 6.45) is 8.87. The first-order valence-corrected chi connectivity index (χ1v) is 4.29. The second-order valence-electron chi connectivity index (χ2n) is 3.08. The van der Waals surface area contributed by atoms with Crippen LogP contribution >= 0.6 is 0 Å². The van der Waals surface area contributed by atoms with Gasteiger partial charge in [0.15, 0.2) is 0 Å². The third kappa shape index (κ3) is 3.21. The second-order valence-corrected chi connectivity index (χ2v) is 3.08. The van der Waals surface area contributed by atoms with Gasteiger partial charge in [-0.25, -0.2) is 0 Å². The molecule has 1 atom stereocenters. The Bertz CT molecular complexity index is 70.8. The number of nitrogens with one attached hydrogen (secondary N) is 1. The quantitative estimate of drug-likeness (QED) is 0.543. The summed E-state index contributed by atoms with van der Waals surface area (Å²) in [4.78, 5) is 0. The fourth-order valence-electron chi connectivity index (χ4n) is 1.26. The van der Waals surface area contributed by atoms with E-state index in [9.17, 15) is 0 Å². The highest BCUT2D eigenvalue weighted by atomic mass is 14.9. The van der Waals surface area contributed by atoms with Crippen LogP contribution in [0.2, 0.25) is 0 Å². The largest absolute Gasteiger partial charge is 0.310 e. The highest BCUT2D eigenvalue weighted by Gasteiger charge is 2.03. The van der Waals surface area contributed by atoms with E-state index in [1.165, 1.54) is 32.1 Å². The summed E-state index contributed by atoms with van der Waals surface area (Å²) in [6.45, 7) is 4.45. The minimum Gasteiger partial charge on any atom is -0.310 e. The highest BCUT2D eigenvalue weighted by Crippen LogP contribution is 2.10. The second kappa shape index (κ2) is 4.73. The van der Waals surface area contributed by atoms with Crippen LogP contribution in [0.1, 0.15) is 39.0 Å².